The monoisotopic (exact) mass is 364 g/mol. The van der Waals surface area contributed by atoms with Crippen LogP contribution in [0.2, 0.25) is 0 Å². The highest BCUT2D eigenvalue weighted by molar-refractivity contribution is 5.77. The molecule has 0 saturated carbocycles. The number of carbonyl (C=O) groups is 1. The molecule has 0 aromatic rings. The van der Waals surface area contributed by atoms with E-state index in [4.69, 9.17) is 9.47 Å². The van der Waals surface area contributed by atoms with Crippen LogP contribution in [-0.2, 0) is 14.3 Å². The van der Waals surface area contributed by atoms with Gasteiger partial charge in [0.2, 0.25) is 0 Å². The molecule has 8 heteroatoms. The Hall–Kier alpha value is -0.770. The van der Waals surface area contributed by atoms with Crippen LogP contribution in [0.1, 0.15) is 58.3 Å². The molecule has 1 aliphatic heterocycles. The van der Waals surface area contributed by atoms with E-state index < -0.39 is 42.8 Å². The van der Waals surface area contributed by atoms with Crippen molar-refractivity contribution in [1.29, 1.82) is 0 Å². The maximum atomic E-state index is 11.6. The SMILES string of the molecule is CCCCCCCCCCOC1(C(=O)O)O[C@H](CO)[C@@H](O)[C@H](O)[C@H]1O. The van der Waals surface area contributed by atoms with E-state index in [1.165, 1.54) is 25.7 Å². The Balaban J connectivity index is 2.46. The molecule has 0 aromatic heterocycles. The van der Waals surface area contributed by atoms with Crippen molar-refractivity contribution in [3.63, 3.8) is 0 Å². The van der Waals surface area contributed by atoms with Crippen molar-refractivity contribution in [3.8, 4) is 0 Å². The number of unbranched alkanes of at least 4 members (excludes halogenated alkanes) is 7. The van der Waals surface area contributed by atoms with Crippen LogP contribution < -0.4 is 0 Å². The molecule has 1 fully saturated rings. The number of aliphatic hydroxyl groups excluding tert-OH is 4. The lowest BCUT2D eigenvalue weighted by Crippen LogP contribution is -2.69. The summed E-state index contributed by atoms with van der Waals surface area (Å²) < 4.78 is 10.4. The Morgan fingerprint density at radius 1 is 1.00 bits per heavy atom. The number of rotatable bonds is 12. The third-order valence-electron chi connectivity index (χ3n) is 4.56. The predicted molar refractivity (Wildman–Crippen MR) is 88.9 cm³/mol. The van der Waals surface area contributed by atoms with Crippen molar-refractivity contribution in [3.05, 3.63) is 0 Å². The summed E-state index contributed by atoms with van der Waals surface area (Å²) in [6.07, 6.45) is 1.69. The smallest absolute Gasteiger partial charge is 0.367 e. The van der Waals surface area contributed by atoms with Gasteiger partial charge in [0.15, 0.2) is 0 Å². The lowest BCUT2D eigenvalue weighted by molar-refractivity contribution is -0.352. The zero-order valence-electron chi connectivity index (χ0n) is 14.8. The summed E-state index contributed by atoms with van der Waals surface area (Å²) in [6, 6.07) is 0. The van der Waals surface area contributed by atoms with E-state index >= 15 is 0 Å². The third kappa shape index (κ3) is 5.87. The van der Waals surface area contributed by atoms with E-state index in [9.17, 15) is 30.3 Å². The van der Waals surface area contributed by atoms with Gasteiger partial charge in [0.25, 0.3) is 5.79 Å². The number of aliphatic carboxylic acids is 1. The van der Waals surface area contributed by atoms with Crippen molar-refractivity contribution in [2.45, 2.75) is 88.5 Å². The van der Waals surface area contributed by atoms with Gasteiger partial charge in [-0.25, -0.2) is 4.79 Å². The Bertz CT molecular complexity index is 389. The molecule has 8 nitrogen and oxygen atoms in total. The molecular formula is C17H32O8. The molecule has 0 aliphatic carbocycles. The van der Waals surface area contributed by atoms with E-state index in [0.717, 1.165) is 19.3 Å². The molecule has 0 bridgehead atoms. The molecule has 5 atom stereocenters. The summed E-state index contributed by atoms with van der Waals surface area (Å²) in [5, 5.41) is 48.2. The van der Waals surface area contributed by atoms with Crippen LogP contribution >= 0.6 is 0 Å². The second-order valence-electron chi connectivity index (χ2n) is 6.56. The van der Waals surface area contributed by atoms with Crippen molar-refractivity contribution in [2.24, 2.45) is 0 Å². The predicted octanol–water partition coefficient (Wildman–Crippen LogP) is 0.398. The molecule has 5 N–H and O–H groups in total. The first-order valence-electron chi connectivity index (χ1n) is 9.11. The van der Waals surface area contributed by atoms with Crippen LogP contribution in [0.4, 0.5) is 0 Å². The van der Waals surface area contributed by atoms with E-state index in [1.54, 1.807) is 0 Å². The molecular weight excluding hydrogens is 332 g/mol. The first-order chi connectivity index (χ1) is 11.9. The normalized spacial score (nSPS) is 32.7. The lowest BCUT2D eigenvalue weighted by atomic mass is 9.92. The van der Waals surface area contributed by atoms with Gasteiger partial charge in [-0.05, 0) is 6.42 Å². The number of hydrogen-bond donors (Lipinski definition) is 5. The van der Waals surface area contributed by atoms with Crippen LogP contribution in [0.5, 0.6) is 0 Å². The molecule has 0 amide bonds. The van der Waals surface area contributed by atoms with Gasteiger partial charge in [-0.1, -0.05) is 51.9 Å². The van der Waals surface area contributed by atoms with Crippen LogP contribution in [-0.4, -0.2) is 74.9 Å². The highest BCUT2D eigenvalue weighted by atomic mass is 16.7. The van der Waals surface area contributed by atoms with Crippen LogP contribution in [0.25, 0.3) is 0 Å². The fraction of sp³-hybridized carbons (Fsp3) is 0.941. The average Bonchev–Trinajstić information content (AvgIpc) is 2.60. The summed E-state index contributed by atoms with van der Waals surface area (Å²) in [5.74, 6) is -4.10. The Morgan fingerprint density at radius 3 is 2.08 bits per heavy atom. The minimum Gasteiger partial charge on any atom is -0.477 e. The van der Waals surface area contributed by atoms with Gasteiger partial charge in [0.05, 0.1) is 13.2 Å². The van der Waals surface area contributed by atoms with E-state index in [-0.39, 0.29) is 6.61 Å². The maximum Gasteiger partial charge on any atom is 0.367 e. The number of carboxylic acid groups (broad SMARTS) is 1. The van der Waals surface area contributed by atoms with Crippen LogP contribution in [0.15, 0.2) is 0 Å². The summed E-state index contributed by atoms with van der Waals surface area (Å²) in [7, 11) is 0. The summed E-state index contributed by atoms with van der Waals surface area (Å²) >= 11 is 0. The average molecular weight is 364 g/mol. The minimum atomic E-state index is -2.49. The Labute approximate surface area is 148 Å². The second kappa shape index (κ2) is 11.1. The zero-order valence-corrected chi connectivity index (χ0v) is 14.8. The number of hydrogen-bond acceptors (Lipinski definition) is 7. The molecule has 0 radical (unpaired) electrons. The third-order valence-corrected chi connectivity index (χ3v) is 4.56. The lowest BCUT2D eigenvalue weighted by Gasteiger charge is -2.45. The molecule has 0 spiro atoms. The summed E-state index contributed by atoms with van der Waals surface area (Å²) in [6.45, 7) is 1.48. The van der Waals surface area contributed by atoms with Crippen molar-refractivity contribution >= 4 is 5.97 Å². The van der Waals surface area contributed by atoms with E-state index in [0.29, 0.717) is 6.42 Å². The van der Waals surface area contributed by atoms with Gasteiger partial charge in [0.1, 0.15) is 24.4 Å². The first-order valence-corrected chi connectivity index (χ1v) is 9.11. The molecule has 1 saturated heterocycles. The van der Waals surface area contributed by atoms with Crippen LogP contribution in [0, 0.1) is 0 Å². The molecule has 25 heavy (non-hydrogen) atoms. The Morgan fingerprint density at radius 2 is 1.56 bits per heavy atom. The fourth-order valence-corrected chi connectivity index (χ4v) is 2.96. The molecule has 1 aliphatic rings. The van der Waals surface area contributed by atoms with Gasteiger partial charge in [-0.2, -0.15) is 0 Å². The zero-order chi connectivity index (χ0) is 18.9. The number of ether oxygens (including phenoxy) is 2. The molecule has 1 rings (SSSR count). The quantitative estimate of drug-likeness (QED) is 0.314. The highest BCUT2D eigenvalue weighted by Crippen LogP contribution is 2.32. The Kier molecular flexibility index (Phi) is 9.84. The molecule has 1 heterocycles. The second-order valence-corrected chi connectivity index (χ2v) is 6.56. The maximum absolute atomic E-state index is 11.6. The van der Waals surface area contributed by atoms with Gasteiger partial charge in [0, 0.05) is 0 Å². The van der Waals surface area contributed by atoms with Crippen molar-refractivity contribution in [1.82, 2.24) is 0 Å². The molecule has 1 unspecified atom stereocenters. The van der Waals surface area contributed by atoms with Crippen LogP contribution in [0.3, 0.4) is 0 Å². The summed E-state index contributed by atoms with van der Waals surface area (Å²) in [5.41, 5.74) is 0. The van der Waals surface area contributed by atoms with Gasteiger partial charge >= 0.3 is 5.97 Å². The van der Waals surface area contributed by atoms with E-state index in [2.05, 4.69) is 6.92 Å². The van der Waals surface area contributed by atoms with Gasteiger partial charge < -0.3 is 35.0 Å². The van der Waals surface area contributed by atoms with Gasteiger partial charge in [-0.3, -0.25) is 0 Å². The topological polar surface area (TPSA) is 137 Å². The summed E-state index contributed by atoms with van der Waals surface area (Å²) in [4.78, 5) is 11.6. The molecule has 148 valence electrons. The number of aliphatic hydroxyl groups is 4. The largest absolute Gasteiger partial charge is 0.477 e. The van der Waals surface area contributed by atoms with Crippen molar-refractivity contribution < 1.29 is 39.8 Å². The van der Waals surface area contributed by atoms with E-state index in [1.807, 2.05) is 0 Å². The fourth-order valence-electron chi connectivity index (χ4n) is 2.96. The van der Waals surface area contributed by atoms with Gasteiger partial charge in [-0.15, -0.1) is 0 Å². The number of carboxylic acids is 1. The van der Waals surface area contributed by atoms with Crippen molar-refractivity contribution in [2.75, 3.05) is 13.2 Å². The first kappa shape index (κ1) is 22.3. The molecule has 0 aromatic carbocycles. The highest BCUT2D eigenvalue weighted by Gasteiger charge is 2.59. The standard InChI is InChI=1S/C17H32O8/c1-2-3-4-5-6-7-8-9-10-24-17(16(22)23)15(21)14(20)13(19)12(11-18)25-17/h12-15,18-21H,2-11H2,1H3,(H,22,23)/t12-,13-,14+,15-,17?/m1/s1. The minimum absolute atomic E-state index is 0.0271.